The van der Waals surface area contributed by atoms with E-state index in [1.807, 2.05) is 38.3 Å². The summed E-state index contributed by atoms with van der Waals surface area (Å²) in [5, 5.41) is 4.51. The molecule has 3 amide bonds. The number of hydrogen-bond acceptors (Lipinski definition) is 4. The number of aromatic nitrogens is 2. The van der Waals surface area contributed by atoms with Crippen molar-refractivity contribution in [2.75, 3.05) is 13.6 Å². The molecular formula is C18H25N6O2+. The molecular weight excluding hydrogens is 332 g/mol. The van der Waals surface area contributed by atoms with E-state index in [-0.39, 0.29) is 24.5 Å². The Morgan fingerprint density at radius 2 is 2.00 bits per heavy atom. The highest BCUT2D eigenvalue weighted by Crippen LogP contribution is 2.23. The third kappa shape index (κ3) is 2.65. The quantitative estimate of drug-likeness (QED) is 0.606. The predicted octanol–water partition coefficient (Wildman–Crippen LogP) is 1.38. The molecule has 138 valence electrons. The molecule has 8 nitrogen and oxygen atoms in total. The molecule has 26 heavy (non-hydrogen) atoms. The van der Waals surface area contributed by atoms with Gasteiger partial charge in [-0.2, -0.15) is 0 Å². The molecule has 8 heteroatoms. The highest BCUT2D eigenvalue weighted by molar-refractivity contribution is 6.23. The molecule has 0 aromatic carbocycles. The van der Waals surface area contributed by atoms with Gasteiger partial charge in [-0.1, -0.05) is 17.1 Å². The lowest BCUT2D eigenvalue weighted by Gasteiger charge is -2.34. The third-order valence-corrected chi connectivity index (χ3v) is 4.51. The van der Waals surface area contributed by atoms with Gasteiger partial charge in [-0.15, -0.1) is 9.78 Å². The lowest BCUT2D eigenvalue weighted by molar-refractivity contribution is -0.567. The van der Waals surface area contributed by atoms with Gasteiger partial charge < -0.3 is 0 Å². The molecule has 1 aromatic rings. The van der Waals surface area contributed by atoms with Crippen molar-refractivity contribution >= 4 is 23.7 Å². The van der Waals surface area contributed by atoms with E-state index in [4.69, 9.17) is 0 Å². The number of urea groups is 1. The molecule has 1 unspecified atom stereocenters. The third-order valence-electron chi connectivity index (χ3n) is 4.51. The largest absolute Gasteiger partial charge is 0.421 e. The number of fused-ring (bicyclic) bond motifs is 1. The highest BCUT2D eigenvalue weighted by atomic mass is 16.2. The molecule has 2 aliphatic rings. The zero-order valence-corrected chi connectivity index (χ0v) is 16.1. The Bertz CT molecular complexity index is 876. The number of nitrogens with zero attached hydrogens (tertiary/aromatic N) is 6. The van der Waals surface area contributed by atoms with E-state index in [1.54, 1.807) is 18.7 Å². The van der Waals surface area contributed by atoms with Crippen molar-refractivity contribution in [2.24, 2.45) is 4.99 Å². The van der Waals surface area contributed by atoms with Crippen LogP contribution in [0.3, 0.4) is 0 Å². The van der Waals surface area contributed by atoms with Crippen LogP contribution in [0.2, 0.25) is 0 Å². The smallest absolute Gasteiger partial charge is 0.270 e. The van der Waals surface area contributed by atoms with E-state index in [9.17, 15) is 9.59 Å². The van der Waals surface area contributed by atoms with Crippen molar-refractivity contribution in [3.8, 4) is 0 Å². The van der Waals surface area contributed by atoms with Crippen molar-refractivity contribution in [3.05, 3.63) is 29.6 Å². The van der Waals surface area contributed by atoms with Gasteiger partial charge in [-0.05, 0) is 40.7 Å². The Kier molecular flexibility index (Phi) is 4.29. The Balaban J connectivity index is 2.16. The van der Waals surface area contributed by atoms with E-state index in [1.165, 1.54) is 9.80 Å². The van der Waals surface area contributed by atoms with Crippen LogP contribution >= 0.6 is 0 Å². The van der Waals surface area contributed by atoms with E-state index < -0.39 is 6.04 Å². The summed E-state index contributed by atoms with van der Waals surface area (Å²) in [6, 6.07) is 0.928. The number of amidine groups is 1. The summed E-state index contributed by atoms with van der Waals surface area (Å²) in [5.41, 5.74) is 2.54. The fourth-order valence-corrected chi connectivity index (χ4v) is 3.40. The maximum Gasteiger partial charge on any atom is 0.421 e. The van der Waals surface area contributed by atoms with Gasteiger partial charge in [0.1, 0.15) is 5.69 Å². The standard InChI is InChI=1S/C18H25N6O2/c1-10(2)9-22-16(25)14-15(21(7)18(22)26)19-17(23(14)11(3)4)24-13(6)8-12(5)20-24/h8,11,14H,1,9H2,2-7H3/q+1. The summed E-state index contributed by atoms with van der Waals surface area (Å²) in [4.78, 5) is 33.2. The Hall–Kier alpha value is -2.77. The minimum absolute atomic E-state index is 0.00242. The maximum absolute atomic E-state index is 13.2. The average molecular weight is 357 g/mol. The van der Waals surface area contributed by atoms with Crippen molar-refractivity contribution in [1.29, 1.82) is 0 Å². The summed E-state index contributed by atoms with van der Waals surface area (Å²) < 4.78 is 3.65. The lowest BCUT2D eigenvalue weighted by Crippen LogP contribution is -2.63. The Morgan fingerprint density at radius 3 is 2.50 bits per heavy atom. The SMILES string of the molecule is C=C(C)CN1C(=O)C2C(=NC(n3nc(C)cc3C)=[N+]2C(C)C)N(C)C1=O. The second-order valence-corrected chi connectivity index (χ2v) is 7.24. The highest BCUT2D eigenvalue weighted by Gasteiger charge is 2.53. The van der Waals surface area contributed by atoms with E-state index in [0.717, 1.165) is 17.0 Å². The Morgan fingerprint density at radius 1 is 1.35 bits per heavy atom. The minimum Gasteiger partial charge on any atom is -0.270 e. The zero-order valence-electron chi connectivity index (χ0n) is 16.1. The first-order valence-corrected chi connectivity index (χ1v) is 8.64. The van der Waals surface area contributed by atoms with Crippen LogP contribution in [0.15, 0.2) is 23.2 Å². The number of aliphatic imine (C=N–C) groups is 1. The van der Waals surface area contributed by atoms with Gasteiger partial charge in [0.15, 0.2) is 0 Å². The van der Waals surface area contributed by atoms with Gasteiger partial charge in [0.2, 0.25) is 11.9 Å². The summed E-state index contributed by atoms with van der Waals surface area (Å²) in [5.74, 6) is 0.727. The first-order valence-electron chi connectivity index (χ1n) is 8.64. The van der Waals surface area contributed by atoms with E-state index in [2.05, 4.69) is 16.7 Å². The van der Waals surface area contributed by atoms with E-state index in [0.29, 0.717) is 11.8 Å². The fourth-order valence-electron chi connectivity index (χ4n) is 3.40. The van der Waals surface area contributed by atoms with E-state index >= 15 is 0 Å². The molecule has 0 aliphatic carbocycles. The van der Waals surface area contributed by atoms with Crippen LogP contribution in [-0.2, 0) is 4.79 Å². The summed E-state index contributed by atoms with van der Waals surface area (Å²) >= 11 is 0. The monoisotopic (exact) mass is 357 g/mol. The summed E-state index contributed by atoms with van der Waals surface area (Å²) in [6.45, 7) is 13.7. The average Bonchev–Trinajstić information content (AvgIpc) is 3.09. The number of aryl methyl sites for hydroxylation is 2. The van der Waals surface area contributed by atoms with Gasteiger partial charge in [0, 0.05) is 7.05 Å². The van der Waals surface area contributed by atoms with Crippen LogP contribution < -0.4 is 0 Å². The summed E-state index contributed by atoms with van der Waals surface area (Å²) in [6.07, 6.45) is 0. The van der Waals surface area contributed by atoms with Gasteiger partial charge in [0.05, 0.1) is 18.3 Å². The molecule has 1 fully saturated rings. The number of hydrogen-bond donors (Lipinski definition) is 0. The van der Waals surface area contributed by atoms with Gasteiger partial charge in [0.25, 0.3) is 5.91 Å². The minimum atomic E-state index is -0.643. The van der Waals surface area contributed by atoms with Crippen LogP contribution in [0.25, 0.3) is 0 Å². The second kappa shape index (κ2) is 6.19. The van der Waals surface area contributed by atoms with Crippen LogP contribution in [0, 0.1) is 13.8 Å². The van der Waals surface area contributed by atoms with Crippen molar-refractivity contribution in [1.82, 2.24) is 19.6 Å². The zero-order chi connectivity index (χ0) is 19.3. The fraction of sp³-hybridized carbons (Fsp3) is 0.500. The number of carbonyl (C=O) groups excluding carboxylic acids is 2. The molecule has 3 heterocycles. The van der Waals surface area contributed by atoms with Crippen LogP contribution in [0.4, 0.5) is 4.79 Å². The molecule has 1 saturated heterocycles. The number of amides is 3. The van der Waals surface area contributed by atoms with Crippen molar-refractivity contribution in [2.45, 2.75) is 46.7 Å². The topological polar surface area (TPSA) is 73.8 Å². The molecule has 0 N–H and O–H groups in total. The van der Waals surface area contributed by atoms with Crippen molar-refractivity contribution in [3.63, 3.8) is 0 Å². The predicted molar refractivity (Wildman–Crippen MR) is 98.4 cm³/mol. The number of rotatable bonds is 3. The molecule has 0 bridgehead atoms. The normalized spacial score (nSPS) is 20.3. The van der Waals surface area contributed by atoms with Gasteiger partial charge in [-0.25, -0.2) is 9.37 Å². The molecule has 3 rings (SSSR count). The first-order chi connectivity index (χ1) is 12.1. The van der Waals surface area contributed by atoms with Crippen LogP contribution in [0.5, 0.6) is 0 Å². The molecule has 1 aromatic heterocycles. The molecule has 0 radical (unpaired) electrons. The number of imide groups is 1. The number of carbonyl (C=O) groups is 2. The number of likely N-dealkylation sites (N-methyl/N-ethyl adjacent to an activating group) is 1. The van der Waals surface area contributed by atoms with Gasteiger partial charge >= 0.3 is 12.0 Å². The Labute approximate surface area is 153 Å². The summed E-state index contributed by atoms with van der Waals surface area (Å²) in [7, 11) is 1.65. The first kappa shape index (κ1) is 18.0. The van der Waals surface area contributed by atoms with Gasteiger partial charge in [-0.3, -0.25) is 14.6 Å². The lowest BCUT2D eigenvalue weighted by atomic mass is 10.1. The second-order valence-electron chi connectivity index (χ2n) is 7.24. The van der Waals surface area contributed by atoms with Crippen molar-refractivity contribution < 1.29 is 14.2 Å². The maximum atomic E-state index is 13.2. The van der Waals surface area contributed by atoms with Crippen LogP contribution in [0.1, 0.15) is 32.2 Å². The molecule has 2 aliphatic heterocycles. The molecule has 0 saturated carbocycles. The molecule has 0 spiro atoms. The molecule has 1 atom stereocenters. The van der Waals surface area contributed by atoms with Crippen LogP contribution in [-0.4, -0.2) is 73.6 Å².